The first-order chi connectivity index (χ1) is 12.7. The van der Waals surface area contributed by atoms with Gasteiger partial charge in [0.25, 0.3) is 0 Å². The van der Waals surface area contributed by atoms with Crippen LogP contribution in [0.25, 0.3) is 11.0 Å². The third-order valence-electron chi connectivity index (χ3n) is 4.84. The van der Waals surface area contributed by atoms with E-state index >= 15 is 0 Å². The molecule has 1 aliphatic heterocycles. The molecule has 0 bridgehead atoms. The Kier molecular flexibility index (Phi) is 4.16. The Hall–Kier alpha value is -3.15. The van der Waals surface area contributed by atoms with Crippen molar-refractivity contribution in [3.63, 3.8) is 0 Å². The molecule has 1 N–H and O–H groups in total. The third-order valence-corrected chi connectivity index (χ3v) is 4.84. The first kappa shape index (κ1) is 16.3. The van der Waals surface area contributed by atoms with E-state index in [1.54, 1.807) is 15.9 Å². The van der Waals surface area contributed by atoms with E-state index in [1.807, 2.05) is 48.5 Å². The van der Waals surface area contributed by atoms with Gasteiger partial charge in [-0.3, -0.25) is 15.0 Å². The number of anilines is 1. The Morgan fingerprint density at radius 3 is 2.81 bits per heavy atom. The first-order valence-corrected chi connectivity index (χ1v) is 8.78. The number of rotatable bonds is 4. The van der Waals surface area contributed by atoms with Gasteiger partial charge in [-0.25, -0.2) is 9.66 Å². The van der Waals surface area contributed by atoms with Crippen molar-refractivity contribution in [1.29, 1.82) is 0 Å². The largest absolute Gasteiger partial charge is 0.311 e. The molecule has 4 rings (SSSR count). The third kappa shape index (κ3) is 2.83. The molecule has 2 amide bonds. The molecule has 132 valence electrons. The zero-order valence-electron chi connectivity index (χ0n) is 14.6. The van der Waals surface area contributed by atoms with Crippen LogP contribution >= 0.6 is 0 Å². The summed E-state index contributed by atoms with van der Waals surface area (Å²) in [4.78, 5) is 31.2. The summed E-state index contributed by atoms with van der Waals surface area (Å²) >= 11 is 0. The number of imidazole rings is 1. The summed E-state index contributed by atoms with van der Waals surface area (Å²) in [6.07, 6.45) is 2.65. The van der Waals surface area contributed by atoms with E-state index in [0.717, 1.165) is 28.7 Å². The van der Waals surface area contributed by atoms with Crippen molar-refractivity contribution in [2.24, 2.45) is 5.92 Å². The molecule has 2 aromatic carbocycles. The molecule has 26 heavy (non-hydrogen) atoms. The number of aromatic nitrogens is 2. The highest BCUT2D eigenvalue weighted by molar-refractivity contribution is 6.02. The Balaban J connectivity index is 1.52. The number of hydrogen-bond acceptors (Lipinski definition) is 3. The fraction of sp³-hybridized carbons (Fsp3) is 0.250. The molecule has 0 spiro atoms. The maximum Gasteiger partial charge on any atom is 0.244 e. The first-order valence-electron chi connectivity index (χ1n) is 8.78. The number of para-hydroxylation sites is 3. The minimum absolute atomic E-state index is 0.0125. The zero-order chi connectivity index (χ0) is 18.1. The predicted molar refractivity (Wildman–Crippen MR) is 100 cm³/mol. The van der Waals surface area contributed by atoms with E-state index in [4.69, 9.17) is 0 Å². The number of carbonyl (C=O) groups excluding carboxylic acids is 2. The van der Waals surface area contributed by atoms with Crippen LogP contribution in [0, 0.1) is 5.92 Å². The van der Waals surface area contributed by atoms with Gasteiger partial charge >= 0.3 is 0 Å². The average Bonchev–Trinajstić information content (AvgIpc) is 3.25. The van der Waals surface area contributed by atoms with Gasteiger partial charge in [-0.2, -0.15) is 0 Å². The van der Waals surface area contributed by atoms with E-state index in [-0.39, 0.29) is 24.2 Å². The highest BCUT2D eigenvalue weighted by Gasteiger charge is 2.36. The SMILES string of the molecule is CCc1ccccc1N1CC(C(=O)Nn2cnc3ccccc32)CC1=O. The Morgan fingerprint density at radius 1 is 1.19 bits per heavy atom. The summed E-state index contributed by atoms with van der Waals surface area (Å²) in [6.45, 7) is 2.46. The molecule has 6 nitrogen and oxygen atoms in total. The van der Waals surface area contributed by atoms with E-state index < -0.39 is 0 Å². The van der Waals surface area contributed by atoms with Crippen molar-refractivity contribution in [2.45, 2.75) is 19.8 Å². The molecule has 1 saturated heterocycles. The van der Waals surface area contributed by atoms with Gasteiger partial charge in [-0.15, -0.1) is 0 Å². The van der Waals surface area contributed by atoms with E-state index in [0.29, 0.717) is 6.54 Å². The fourth-order valence-electron chi connectivity index (χ4n) is 3.45. The minimum Gasteiger partial charge on any atom is -0.311 e. The Labute approximate surface area is 151 Å². The molecule has 0 radical (unpaired) electrons. The summed E-state index contributed by atoms with van der Waals surface area (Å²) < 4.78 is 1.62. The summed E-state index contributed by atoms with van der Waals surface area (Å²) in [6, 6.07) is 15.4. The number of aryl methyl sites for hydroxylation is 1. The number of nitrogens with one attached hydrogen (secondary N) is 1. The smallest absolute Gasteiger partial charge is 0.244 e. The molecule has 0 aliphatic carbocycles. The van der Waals surface area contributed by atoms with Crippen LogP contribution in [0.3, 0.4) is 0 Å². The lowest BCUT2D eigenvalue weighted by molar-refractivity contribution is -0.123. The zero-order valence-corrected chi connectivity index (χ0v) is 14.6. The van der Waals surface area contributed by atoms with Gasteiger partial charge in [0.2, 0.25) is 11.8 Å². The molecule has 0 saturated carbocycles. The summed E-state index contributed by atoms with van der Waals surface area (Å²) in [5.41, 5.74) is 6.53. The lowest BCUT2D eigenvalue weighted by atomic mass is 10.1. The topological polar surface area (TPSA) is 67.2 Å². The van der Waals surface area contributed by atoms with E-state index in [9.17, 15) is 9.59 Å². The summed E-state index contributed by atoms with van der Waals surface area (Å²) in [5, 5.41) is 0. The molecule has 1 fully saturated rings. The van der Waals surface area contributed by atoms with E-state index in [1.165, 1.54) is 0 Å². The molecule has 6 heteroatoms. The second kappa shape index (κ2) is 6.63. The lowest BCUT2D eigenvalue weighted by Gasteiger charge is -2.20. The maximum atomic E-state index is 12.7. The van der Waals surface area contributed by atoms with Crippen molar-refractivity contribution in [1.82, 2.24) is 9.66 Å². The van der Waals surface area contributed by atoms with Crippen molar-refractivity contribution in [3.8, 4) is 0 Å². The second-order valence-corrected chi connectivity index (χ2v) is 6.47. The van der Waals surface area contributed by atoms with Crippen LogP contribution in [0.5, 0.6) is 0 Å². The average molecular weight is 348 g/mol. The molecule has 1 aromatic heterocycles. The fourth-order valence-corrected chi connectivity index (χ4v) is 3.45. The molecular weight excluding hydrogens is 328 g/mol. The van der Waals surface area contributed by atoms with Gasteiger partial charge in [0, 0.05) is 18.7 Å². The summed E-state index contributed by atoms with van der Waals surface area (Å²) in [7, 11) is 0. The monoisotopic (exact) mass is 348 g/mol. The number of hydrogen-bond donors (Lipinski definition) is 1. The minimum atomic E-state index is -0.381. The van der Waals surface area contributed by atoms with Crippen LogP contribution in [-0.4, -0.2) is 28.0 Å². The highest BCUT2D eigenvalue weighted by Crippen LogP contribution is 2.28. The molecule has 1 unspecified atom stereocenters. The molecule has 2 heterocycles. The second-order valence-electron chi connectivity index (χ2n) is 6.47. The van der Waals surface area contributed by atoms with Crippen molar-refractivity contribution in [3.05, 3.63) is 60.4 Å². The standard InChI is InChI=1S/C20H20N4O2/c1-2-14-7-3-5-9-17(14)23-12-15(11-19(23)25)20(26)22-24-13-21-16-8-4-6-10-18(16)24/h3-10,13,15H,2,11-12H2,1H3,(H,22,26). The van der Waals surface area contributed by atoms with Crippen molar-refractivity contribution in [2.75, 3.05) is 16.9 Å². The van der Waals surface area contributed by atoms with Gasteiger partial charge < -0.3 is 4.90 Å². The quantitative estimate of drug-likeness (QED) is 0.788. The maximum absolute atomic E-state index is 12.7. The van der Waals surface area contributed by atoms with Crippen LogP contribution in [0.15, 0.2) is 54.9 Å². The Bertz CT molecular complexity index is 979. The van der Waals surface area contributed by atoms with Gasteiger partial charge in [0.1, 0.15) is 6.33 Å². The van der Waals surface area contributed by atoms with Gasteiger partial charge in [0.15, 0.2) is 0 Å². The number of amides is 2. The van der Waals surface area contributed by atoms with Gasteiger partial charge in [-0.05, 0) is 30.2 Å². The van der Waals surface area contributed by atoms with E-state index in [2.05, 4.69) is 17.3 Å². The normalized spacial score (nSPS) is 17.0. The lowest BCUT2D eigenvalue weighted by Crippen LogP contribution is -2.32. The molecular formula is C20H20N4O2. The summed E-state index contributed by atoms with van der Waals surface area (Å²) in [5.74, 6) is -0.562. The van der Waals surface area contributed by atoms with Crippen LogP contribution in [0.1, 0.15) is 18.9 Å². The number of fused-ring (bicyclic) bond motifs is 1. The Morgan fingerprint density at radius 2 is 1.96 bits per heavy atom. The molecule has 1 atom stereocenters. The number of carbonyl (C=O) groups is 2. The number of nitrogens with zero attached hydrogens (tertiary/aromatic N) is 3. The molecule has 1 aliphatic rings. The van der Waals surface area contributed by atoms with Gasteiger partial charge in [-0.1, -0.05) is 37.3 Å². The number of benzene rings is 2. The van der Waals surface area contributed by atoms with Crippen LogP contribution < -0.4 is 10.3 Å². The van der Waals surface area contributed by atoms with Crippen molar-refractivity contribution >= 4 is 28.5 Å². The van der Waals surface area contributed by atoms with Crippen LogP contribution in [-0.2, 0) is 16.0 Å². The van der Waals surface area contributed by atoms with Crippen molar-refractivity contribution < 1.29 is 9.59 Å². The highest BCUT2D eigenvalue weighted by atomic mass is 16.2. The predicted octanol–water partition coefficient (Wildman–Crippen LogP) is 2.72. The van der Waals surface area contributed by atoms with Crippen LogP contribution in [0.2, 0.25) is 0 Å². The van der Waals surface area contributed by atoms with Gasteiger partial charge in [0.05, 0.1) is 17.0 Å². The molecule has 3 aromatic rings. The van der Waals surface area contributed by atoms with Crippen LogP contribution in [0.4, 0.5) is 5.69 Å².